The Balaban J connectivity index is 1.72. The summed E-state index contributed by atoms with van der Waals surface area (Å²) >= 11 is 6.41. The van der Waals surface area contributed by atoms with Crippen molar-refractivity contribution in [3.8, 4) is 0 Å². The Morgan fingerprint density at radius 3 is 2.77 bits per heavy atom. The van der Waals surface area contributed by atoms with Crippen molar-refractivity contribution in [3.05, 3.63) is 81.5 Å². The van der Waals surface area contributed by atoms with Crippen molar-refractivity contribution < 1.29 is 4.79 Å². The lowest BCUT2D eigenvalue weighted by Gasteiger charge is -2.37. The molecule has 1 aliphatic rings. The van der Waals surface area contributed by atoms with Crippen molar-refractivity contribution >= 4 is 45.9 Å². The minimum absolute atomic E-state index is 0.148. The molecule has 0 bridgehead atoms. The number of aromatic nitrogens is 4. The van der Waals surface area contributed by atoms with Crippen LogP contribution in [0.15, 0.2) is 59.8 Å². The predicted molar refractivity (Wildman–Crippen MR) is 114 cm³/mol. The molecule has 0 unspecified atom stereocenters. The molecule has 0 fully saturated rings. The molecule has 8 nitrogen and oxygen atoms in total. The Bertz CT molecular complexity index is 1370. The average Bonchev–Trinajstić information content (AvgIpc) is 2.74. The van der Waals surface area contributed by atoms with Crippen molar-refractivity contribution in [2.75, 3.05) is 16.5 Å². The number of H-pyrrole nitrogens is 1. The smallest absolute Gasteiger partial charge is 0.263 e. The monoisotopic (exact) mass is 418 g/mol. The van der Waals surface area contributed by atoms with Crippen LogP contribution in [0.3, 0.4) is 0 Å². The number of nitrogens with zero attached hydrogens (tertiary/aromatic N) is 5. The van der Waals surface area contributed by atoms with Gasteiger partial charge < -0.3 is 0 Å². The van der Waals surface area contributed by atoms with Crippen LogP contribution in [0.2, 0.25) is 5.02 Å². The zero-order valence-corrected chi connectivity index (χ0v) is 16.6. The molecule has 0 saturated heterocycles. The highest BCUT2D eigenvalue weighted by Crippen LogP contribution is 2.37. The molecule has 4 aromatic rings. The summed E-state index contributed by atoms with van der Waals surface area (Å²) in [4.78, 5) is 44.5. The maximum absolute atomic E-state index is 13.3. The van der Waals surface area contributed by atoms with E-state index >= 15 is 0 Å². The number of halogens is 1. The molecular weight excluding hydrogens is 404 g/mol. The van der Waals surface area contributed by atoms with Crippen LogP contribution < -0.4 is 15.4 Å². The van der Waals surface area contributed by atoms with Crippen LogP contribution in [0.5, 0.6) is 0 Å². The zero-order valence-electron chi connectivity index (χ0n) is 15.8. The van der Waals surface area contributed by atoms with Gasteiger partial charge in [-0.15, -0.1) is 0 Å². The second-order valence-corrected chi connectivity index (χ2v) is 7.33. The molecule has 0 spiro atoms. The van der Waals surface area contributed by atoms with Gasteiger partial charge in [0, 0.05) is 11.9 Å². The molecule has 2 aromatic carbocycles. The van der Waals surface area contributed by atoms with Crippen LogP contribution in [0, 0.1) is 6.92 Å². The molecule has 148 valence electrons. The van der Waals surface area contributed by atoms with Crippen LogP contribution in [0.1, 0.15) is 15.9 Å². The number of nitrogens with one attached hydrogen (secondary N) is 1. The van der Waals surface area contributed by atoms with E-state index in [1.165, 1.54) is 12.5 Å². The Kier molecular flexibility index (Phi) is 4.22. The van der Waals surface area contributed by atoms with Gasteiger partial charge in [0.2, 0.25) is 5.95 Å². The van der Waals surface area contributed by atoms with Gasteiger partial charge in [0.25, 0.3) is 11.5 Å². The highest BCUT2D eigenvalue weighted by atomic mass is 35.5. The second-order valence-electron chi connectivity index (χ2n) is 6.93. The van der Waals surface area contributed by atoms with E-state index in [0.29, 0.717) is 16.3 Å². The van der Waals surface area contributed by atoms with Crippen molar-refractivity contribution in [1.29, 1.82) is 0 Å². The molecule has 2 aromatic heterocycles. The average molecular weight is 419 g/mol. The molecule has 3 heterocycles. The van der Waals surface area contributed by atoms with E-state index in [1.54, 1.807) is 28.0 Å². The molecule has 0 radical (unpaired) electrons. The summed E-state index contributed by atoms with van der Waals surface area (Å²) in [6.07, 6.45) is 2.75. The summed E-state index contributed by atoms with van der Waals surface area (Å²) in [5, 5.41) is 0.613. The van der Waals surface area contributed by atoms with Crippen LogP contribution >= 0.6 is 11.6 Å². The molecular formula is C21H15ClN6O2. The molecule has 0 aliphatic carbocycles. The van der Waals surface area contributed by atoms with Crippen molar-refractivity contribution in [1.82, 2.24) is 19.9 Å². The third kappa shape index (κ3) is 2.89. The third-order valence-corrected chi connectivity index (χ3v) is 5.28. The quantitative estimate of drug-likeness (QED) is 0.536. The number of anilines is 3. The van der Waals surface area contributed by atoms with Gasteiger partial charge in [-0.25, -0.2) is 9.97 Å². The highest BCUT2D eigenvalue weighted by molar-refractivity contribution is 6.36. The lowest BCUT2D eigenvalue weighted by molar-refractivity contribution is 0.0983. The first kappa shape index (κ1) is 18.3. The normalized spacial score (nSPS) is 13.6. The Morgan fingerprint density at radius 2 is 1.93 bits per heavy atom. The Morgan fingerprint density at radius 1 is 1.10 bits per heavy atom. The molecule has 0 saturated carbocycles. The number of aromatic amines is 1. The van der Waals surface area contributed by atoms with Crippen LogP contribution in [-0.2, 0) is 0 Å². The molecule has 1 aliphatic heterocycles. The lowest BCUT2D eigenvalue weighted by Crippen LogP contribution is -2.46. The van der Waals surface area contributed by atoms with E-state index in [-0.39, 0.29) is 35.1 Å². The van der Waals surface area contributed by atoms with E-state index in [2.05, 4.69) is 19.9 Å². The van der Waals surface area contributed by atoms with Gasteiger partial charge in [-0.1, -0.05) is 29.8 Å². The van der Waals surface area contributed by atoms with E-state index < -0.39 is 0 Å². The van der Waals surface area contributed by atoms with Gasteiger partial charge in [-0.3, -0.25) is 24.4 Å². The number of benzene rings is 2. The zero-order chi connectivity index (χ0) is 20.8. The molecule has 1 N–H and O–H groups in total. The molecule has 0 atom stereocenters. The van der Waals surface area contributed by atoms with Gasteiger partial charge in [0.1, 0.15) is 18.4 Å². The molecule has 9 heteroatoms. The van der Waals surface area contributed by atoms with Gasteiger partial charge in [-0.05, 0) is 36.8 Å². The minimum Gasteiger partial charge on any atom is -0.292 e. The van der Waals surface area contributed by atoms with Crippen LogP contribution in [0.25, 0.3) is 11.0 Å². The molecule has 30 heavy (non-hydrogen) atoms. The maximum Gasteiger partial charge on any atom is 0.263 e. The maximum atomic E-state index is 13.3. The number of rotatable bonds is 2. The fraction of sp³-hybridized carbons (Fsp3) is 0.0952. The van der Waals surface area contributed by atoms with E-state index in [1.807, 2.05) is 31.2 Å². The standard InChI is InChI=1S/C21H15ClN6O2/c1-12-4-2-5-13(8-12)27-11-28(16-7-3-6-15(22)17(16)20(27)30)21-25-18-14(19(29)26-21)9-23-10-24-18/h2-10H,11H2,1H3,(H,23,24,25,26,29). The fourth-order valence-corrected chi connectivity index (χ4v) is 3.79. The number of hydrogen-bond acceptors (Lipinski definition) is 6. The first-order chi connectivity index (χ1) is 14.5. The highest BCUT2D eigenvalue weighted by Gasteiger charge is 2.34. The molecule has 5 rings (SSSR count). The topological polar surface area (TPSA) is 95.1 Å². The van der Waals surface area contributed by atoms with E-state index in [0.717, 1.165) is 11.3 Å². The van der Waals surface area contributed by atoms with E-state index in [4.69, 9.17) is 11.6 Å². The largest absolute Gasteiger partial charge is 0.292 e. The summed E-state index contributed by atoms with van der Waals surface area (Å²) < 4.78 is 0. The first-order valence-corrected chi connectivity index (χ1v) is 9.55. The van der Waals surface area contributed by atoms with Gasteiger partial charge in [0.15, 0.2) is 5.65 Å². The minimum atomic E-state index is -0.363. The number of carbonyl (C=O) groups excluding carboxylic acids is 1. The van der Waals surface area contributed by atoms with Crippen molar-refractivity contribution in [2.45, 2.75) is 6.92 Å². The fourth-order valence-electron chi connectivity index (χ4n) is 3.54. The number of amides is 1. The van der Waals surface area contributed by atoms with Gasteiger partial charge in [0.05, 0.1) is 16.3 Å². The number of fused-ring (bicyclic) bond motifs is 2. The SMILES string of the molecule is Cc1cccc(N2CN(c3nc4ncncc4c(=O)[nH]3)c3cccc(Cl)c3C2=O)c1. The van der Waals surface area contributed by atoms with Gasteiger partial charge >= 0.3 is 0 Å². The first-order valence-electron chi connectivity index (χ1n) is 9.17. The summed E-state index contributed by atoms with van der Waals surface area (Å²) in [6.45, 7) is 2.11. The second kappa shape index (κ2) is 6.93. The van der Waals surface area contributed by atoms with Gasteiger partial charge in [-0.2, -0.15) is 4.98 Å². The van der Waals surface area contributed by atoms with E-state index in [9.17, 15) is 9.59 Å². The summed E-state index contributed by atoms with van der Waals surface area (Å²) in [7, 11) is 0. The molecule has 1 amide bonds. The number of carbonyl (C=O) groups is 1. The Labute approximate surface area is 175 Å². The van der Waals surface area contributed by atoms with Crippen LogP contribution in [0.4, 0.5) is 17.3 Å². The summed E-state index contributed by atoms with van der Waals surface area (Å²) in [6, 6.07) is 12.8. The summed E-state index contributed by atoms with van der Waals surface area (Å²) in [5.74, 6) is 0.0442. The lowest BCUT2D eigenvalue weighted by atomic mass is 10.1. The summed E-state index contributed by atoms with van der Waals surface area (Å²) in [5.41, 5.74) is 2.56. The predicted octanol–water partition coefficient (Wildman–Crippen LogP) is 3.43. The third-order valence-electron chi connectivity index (χ3n) is 4.97. The Hall–Kier alpha value is -3.78. The van der Waals surface area contributed by atoms with Crippen LogP contribution in [-0.4, -0.2) is 32.5 Å². The number of aryl methyl sites for hydroxylation is 1. The number of hydrogen-bond donors (Lipinski definition) is 1. The van der Waals surface area contributed by atoms with Crippen molar-refractivity contribution in [2.24, 2.45) is 0 Å². The van der Waals surface area contributed by atoms with Crippen molar-refractivity contribution in [3.63, 3.8) is 0 Å².